The van der Waals surface area contributed by atoms with Crippen LogP contribution in [0.25, 0.3) is 0 Å². The number of hydrogen-bond acceptors (Lipinski definition) is 2. The fraction of sp³-hybridized carbons (Fsp3) is 0.154. The van der Waals surface area contributed by atoms with Crippen LogP contribution in [0.5, 0.6) is 0 Å². The molecule has 2 aromatic rings. The van der Waals surface area contributed by atoms with Gasteiger partial charge in [0.05, 0.1) is 16.8 Å². The van der Waals surface area contributed by atoms with Gasteiger partial charge >= 0.3 is 0 Å². The standard InChI is InChI=1S/C13H11ClO2/c1-2-12-10(7-8-16-12)13(15)9-5-3-4-6-11(9)14/h3-8H,2H2,1H3. The number of benzene rings is 1. The third-order valence-electron chi connectivity index (χ3n) is 2.43. The second kappa shape index (κ2) is 4.54. The number of carbonyl (C=O) groups excluding carboxylic acids is 1. The van der Waals surface area contributed by atoms with Gasteiger partial charge in [-0.25, -0.2) is 0 Å². The summed E-state index contributed by atoms with van der Waals surface area (Å²) in [5.74, 6) is 0.612. The van der Waals surface area contributed by atoms with Crippen LogP contribution in [0.1, 0.15) is 28.6 Å². The van der Waals surface area contributed by atoms with Crippen LogP contribution < -0.4 is 0 Å². The number of furan rings is 1. The molecule has 3 heteroatoms. The fourth-order valence-corrected chi connectivity index (χ4v) is 1.83. The Balaban J connectivity index is 2.44. The van der Waals surface area contributed by atoms with Crippen molar-refractivity contribution in [2.45, 2.75) is 13.3 Å². The topological polar surface area (TPSA) is 30.2 Å². The van der Waals surface area contributed by atoms with Crippen molar-refractivity contribution in [3.63, 3.8) is 0 Å². The molecule has 0 aliphatic rings. The van der Waals surface area contributed by atoms with Gasteiger partial charge in [0.1, 0.15) is 5.76 Å². The second-order valence-electron chi connectivity index (χ2n) is 3.42. The van der Waals surface area contributed by atoms with E-state index in [2.05, 4.69) is 0 Å². The maximum atomic E-state index is 12.2. The van der Waals surface area contributed by atoms with Crippen LogP contribution in [0.4, 0.5) is 0 Å². The zero-order chi connectivity index (χ0) is 11.5. The molecular formula is C13H11ClO2. The third-order valence-corrected chi connectivity index (χ3v) is 2.76. The lowest BCUT2D eigenvalue weighted by molar-refractivity contribution is 0.103. The molecule has 82 valence electrons. The van der Waals surface area contributed by atoms with Crippen molar-refractivity contribution in [3.05, 3.63) is 58.5 Å². The van der Waals surface area contributed by atoms with E-state index >= 15 is 0 Å². The van der Waals surface area contributed by atoms with E-state index in [1.165, 1.54) is 6.26 Å². The fourth-order valence-electron chi connectivity index (χ4n) is 1.61. The lowest BCUT2D eigenvalue weighted by atomic mass is 10.0. The molecular weight excluding hydrogens is 224 g/mol. The van der Waals surface area contributed by atoms with Crippen LogP contribution in [0, 0.1) is 0 Å². The van der Waals surface area contributed by atoms with E-state index in [1.54, 1.807) is 30.3 Å². The van der Waals surface area contributed by atoms with E-state index in [0.29, 0.717) is 28.3 Å². The Labute approximate surface area is 98.8 Å². The summed E-state index contributed by atoms with van der Waals surface area (Å²) in [7, 11) is 0. The SMILES string of the molecule is CCc1occc1C(=O)c1ccccc1Cl. The van der Waals surface area contributed by atoms with Gasteiger partial charge in [-0.15, -0.1) is 0 Å². The van der Waals surface area contributed by atoms with E-state index < -0.39 is 0 Å². The van der Waals surface area contributed by atoms with Gasteiger partial charge < -0.3 is 4.42 Å². The van der Waals surface area contributed by atoms with Crippen molar-refractivity contribution in [1.29, 1.82) is 0 Å². The Morgan fingerprint density at radius 2 is 2.00 bits per heavy atom. The first-order valence-corrected chi connectivity index (χ1v) is 5.47. The van der Waals surface area contributed by atoms with E-state index in [4.69, 9.17) is 16.0 Å². The summed E-state index contributed by atoms with van der Waals surface area (Å²) in [5, 5.41) is 0.468. The van der Waals surface area contributed by atoms with Gasteiger partial charge in [-0.2, -0.15) is 0 Å². The highest BCUT2D eigenvalue weighted by molar-refractivity contribution is 6.35. The van der Waals surface area contributed by atoms with Gasteiger partial charge in [-0.3, -0.25) is 4.79 Å². The quantitative estimate of drug-likeness (QED) is 0.758. The van der Waals surface area contributed by atoms with E-state index in [0.717, 1.165) is 0 Å². The Hall–Kier alpha value is -1.54. The lowest BCUT2D eigenvalue weighted by Gasteiger charge is -2.02. The van der Waals surface area contributed by atoms with E-state index in [-0.39, 0.29) is 5.78 Å². The largest absolute Gasteiger partial charge is 0.469 e. The minimum Gasteiger partial charge on any atom is -0.469 e. The highest BCUT2D eigenvalue weighted by atomic mass is 35.5. The van der Waals surface area contributed by atoms with Crippen molar-refractivity contribution in [3.8, 4) is 0 Å². The molecule has 1 aromatic heterocycles. The maximum absolute atomic E-state index is 12.2. The molecule has 1 aromatic carbocycles. The van der Waals surface area contributed by atoms with Crippen LogP contribution >= 0.6 is 11.6 Å². The predicted octanol–water partition coefficient (Wildman–Crippen LogP) is 3.73. The smallest absolute Gasteiger partial charge is 0.198 e. The van der Waals surface area contributed by atoms with Crippen molar-refractivity contribution >= 4 is 17.4 Å². The average molecular weight is 235 g/mol. The van der Waals surface area contributed by atoms with Gasteiger partial charge in [-0.05, 0) is 18.2 Å². The van der Waals surface area contributed by atoms with Crippen molar-refractivity contribution in [2.75, 3.05) is 0 Å². The van der Waals surface area contributed by atoms with Crippen LogP contribution in [-0.2, 0) is 6.42 Å². The van der Waals surface area contributed by atoms with Crippen molar-refractivity contribution < 1.29 is 9.21 Å². The summed E-state index contributed by atoms with van der Waals surface area (Å²) >= 11 is 5.98. The van der Waals surface area contributed by atoms with Gasteiger partial charge in [0, 0.05) is 12.0 Å². The first kappa shape index (κ1) is 11.0. The number of aryl methyl sites for hydroxylation is 1. The van der Waals surface area contributed by atoms with E-state index in [1.807, 2.05) is 6.92 Å². The number of rotatable bonds is 3. The summed E-state index contributed by atoms with van der Waals surface area (Å²) in [6.45, 7) is 1.95. The van der Waals surface area contributed by atoms with Crippen LogP contribution in [0.3, 0.4) is 0 Å². The molecule has 0 spiro atoms. The summed E-state index contributed by atoms with van der Waals surface area (Å²) < 4.78 is 5.23. The average Bonchev–Trinajstić information content (AvgIpc) is 2.77. The molecule has 0 bridgehead atoms. The molecule has 1 heterocycles. The number of carbonyl (C=O) groups is 1. The number of halogens is 1. The first-order valence-electron chi connectivity index (χ1n) is 5.09. The van der Waals surface area contributed by atoms with Crippen molar-refractivity contribution in [2.24, 2.45) is 0 Å². The first-order chi connectivity index (χ1) is 7.74. The molecule has 0 amide bonds. The van der Waals surface area contributed by atoms with Crippen LogP contribution in [-0.4, -0.2) is 5.78 Å². The molecule has 16 heavy (non-hydrogen) atoms. The molecule has 0 radical (unpaired) electrons. The maximum Gasteiger partial charge on any atom is 0.198 e. The normalized spacial score (nSPS) is 10.4. The van der Waals surface area contributed by atoms with Crippen molar-refractivity contribution in [1.82, 2.24) is 0 Å². The van der Waals surface area contributed by atoms with Gasteiger partial charge in [0.15, 0.2) is 5.78 Å². The molecule has 0 saturated heterocycles. The van der Waals surface area contributed by atoms with Gasteiger partial charge in [-0.1, -0.05) is 30.7 Å². The zero-order valence-corrected chi connectivity index (χ0v) is 9.62. The highest BCUT2D eigenvalue weighted by Crippen LogP contribution is 2.21. The third kappa shape index (κ3) is 1.89. The molecule has 0 N–H and O–H groups in total. The summed E-state index contributed by atoms with van der Waals surface area (Å²) in [5.41, 5.74) is 1.11. The number of hydrogen-bond donors (Lipinski definition) is 0. The minimum absolute atomic E-state index is 0.0869. The number of ketones is 1. The van der Waals surface area contributed by atoms with Crippen LogP contribution in [0.15, 0.2) is 41.0 Å². The molecule has 0 aliphatic heterocycles. The molecule has 0 fully saturated rings. The summed E-state index contributed by atoms with van der Waals surface area (Å²) in [6.07, 6.45) is 2.22. The molecule has 0 unspecified atom stereocenters. The monoisotopic (exact) mass is 234 g/mol. The second-order valence-corrected chi connectivity index (χ2v) is 3.83. The Morgan fingerprint density at radius 3 is 2.69 bits per heavy atom. The molecule has 0 atom stereocenters. The Bertz CT molecular complexity index is 514. The van der Waals surface area contributed by atoms with Crippen LogP contribution in [0.2, 0.25) is 5.02 Å². The summed E-state index contributed by atoms with van der Waals surface area (Å²) in [4.78, 5) is 12.2. The Kier molecular flexibility index (Phi) is 3.11. The lowest BCUT2D eigenvalue weighted by Crippen LogP contribution is -2.03. The molecule has 2 nitrogen and oxygen atoms in total. The molecule has 2 rings (SSSR count). The predicted molar refractivity (Wildman–Crippen MR) is 63.0 cm³/mol. The van der Waals surface area contributed by atoms with Gasteiger partial charge in [0.25, 0.3) is 0 Å². The molecule has 0 saturated carbocycles. The van der Waals surface area contributed by atoms with Gasteiger partial charge in [0.2, 0.25) is 0 Å². The summed E-state index contributed by atoms with van der Waals surface area (Å²) in [6, 6.07) is 8.71. The van der Waals surface area contributed by atoms with E-state index in [9.17, 15) is 4.79 Å². The Morgan fingerprint density at radius 1 is 1.25 bits per heavy atom. The highest BCUT2D eigenvalue weighted by Gasteiger charge is 2.17. The minimum atomic E-state index is -0.0869. The molecule has 0 aliphatic carbocycles. The zero-order valence-electron chi connectivity index (χ0n) is 8.87.